The van der Waals surface area contributed by atoms with E-state index in [-0.39, 0.29) is 0 Å². The van der Waals surface area contributed by atoms with Crippen LogP contribution in [0.2, 0.25) is 0 Å². The van der Waals surface area contributed by atoms with Gasteiger partial charge in [0.1, 0.15) is 6.33 Å². The van der Waals surface area contributed by atoms with Crippen molar-refractivity contribution in [3.05, 3.63) is 58.8 Å². The molecule has 0 N–H and O–H groups in total. The molecule has 0 atom stereocenters. The van der Waals surface area contributed by atoms with Crippen LogP contribution in [-0.4, -0.2) is 9.55 Å². The third kappa shape index (κ3) is 1.79. The van der Waals surface area contributed by atoms with Gasteiger partial charge in [0.25, 0.3) is 0 Å². The van der Waals surface area contributed by atoms with Crippen LogP contribution >= 0.6 is 15.9 Å². The van der Waals surface area contributed by atoms with Gasteiger partial charge in [-0.15, -0.1) is 0 Å². The Morgan fingerprint density at radius 3 is 2.89 bits per heavy atom. The molecule has 0 unspecified atom stereocenters. The summed E-state index contributed by atoms with van der Waals surface area (Å²) in [5.41, 5.74) is 3.53. The van der Waals surface area contributed by atoms with E-state index in [1.54, 1.807) is 12.4 Å². The van der Waals surface area contributed by atoms with Gasteiger partial charge in [-0.05, 0) is 36.4 Å². The van der Waals surface area contributed by atoms with Gasteiger partial charge in [-0.25, -0.2) is 4.98 Å². The highest BCUT2D eigenvalue weighted by Gasteiger charge is 2.05. The van der Waals surface area contributed by atoms with Crippen molar-refractivity contribution in [1.82, 2.24) is 9.55 Å². The zero-order chi connectivity index (χ0) is 12.5. The van der Waals surface area contributed by atoms with Crippen LogP contribution in [0, 0.1) is 11.3 Å². The summed E-state index contributed by atoms with van der Waals surface area (Å²) < 4.78 is 2.98. The molecule has 0 bridgehead atoms. The lowest BCUT2D eigenvalue weighted by Crippen LogP contribution is -1.92. The Labute approximate surface area is 112 Å². The minimum absolute atomic E-state index is 0.645. The Balaban J connectivity index is 2.23. The lowest BCUT2D eigenvalue weighted by atomic mass is 10.2. The van der Waals surface area contributed by atoms with Gasteiger partial charge < -0.3 is 0 Å². The number of halogens is 1. The topological polar surface area (TPSA) is 41.6 Å². The zero-order valence-corrected chi connectivity index (χ0v) is 10.9. The molecule has 0 aliphatic carbocycles. The predicted molar refractivity (Wildman–Crippen MR) is 73.5 cm³/mol. The van der Waals surface area contributed by atoms with Gasteiger partial charge in [-0.1, -0.05) is 22.0 Å². The fourth-order valence-corrected chi connectivity index (χ4v) is 2.27. The molecule has 3 nitrogen and oxygen atoms in total. The van der Waals surface area contributed by atoms with Crippen molar-refractivity contribution in [2.24, 2.45) is 0 Å². The lowest BCUT2D eigenvalue weighted by molar-refractivity contribution is 1.09. The van der Waals surface area contributed by atoms with Gasteiger partial charge in [0.05, 0.1) is 22.7 Å². The second kappa shape index (κ2) is 4.28. The van der Waals surface area contributed by atoms with E-state index in [0.717, 1.165) is 21.2 Å². The molecule has 0 saturated carbocycles. The summed E-state index contributed by atoms with van der Waals surface area (Å²) in [7, 11) is 0. The van der Waals surface area contributed by atoms with E-state index in [2.05, 4.69) is 27.0 Å². The number of imidazole rings is 1. The molecule has 0 amide bonds. The highest BCUT2D eigenvalue weighted by molar-refractivity contribution is 9.10. The van der Waals surface area contributed by atoms with Crippen molar-refractivity contribution in [2.45, 2.75) is 0 Å². The van der Waals surface area contributed by atoms with Crippen LogP contribution in [0.15, 0.2) is 53.3 Å². The van der Waals surface area contributed by atoms with Crippen molar-refractivity contribution in [2.75, 3.05) is 0 Å². The normalized spacial score (nSPS) is 10.4. The summed E-state index contributed by atoms with van der Waals surface area (Å²) >= 11 is 3.43. The Morgan fingerprint density at radius 1 is 1.17 bits per heavy atom. The minimum Gasteiger partial charge on any atom is -0.299 e. The predicted octanol–water partition coefficient (Wildman–Crippen LogP) is 3.66. The van der Waals surface area contributed by atoms with Crippen molar-refractivity contribution >= 4 is 27.0 Å². The van der Waals surface area contributed by atoms with E-state index in [1.165, 1.54) is 0 Å². The van der Waals surface area contributed by atoms with E-state index < -0.39 is 0 Å². The van der Waals surface area contributed by atoms with Crippen molar-refractivity contribution in [3.8, 4) is 11.8 Å². The molecule has 0 fully saturated rings. The Bertz CT molecular complexity index is 768. The monoisotopic (exact) mass is 297 g/mol. The van der Waals surface area contributed by atoms with Crippen molar-refractivity contribution < 1.29 is 0 Å². The number of nitrogens with zero attached hydrogens (tertiary/aromatic N) is 3. The highest BCUT2D eigenvalue weighted by Crippen LogP contribution is 2.22. The van der Waals surface area contributed by atoms with Gasteiger partial charge in [-0.3, -0.25) is 4.57 Å². The van der Waals surface area contributed by atoms with Gasteiger partial charge in [-0.2, -0.15) is 5.26 Å². The largest absolute Gasteiger partial charge is 0.299 e. The fourth-order valence-electron chi connectivity index (χ4n) is 1.92. The molecule has 2 aromatic carbocycles. The number of hydrogen-bond donors (Lipinski definition) is 0. The van der Waals surface area contributed by atoms with Gasteiger partial charge >= 0.3 is 0 Å². The Hall–Kier alpha value is -2.12. The van der Waals surface area contributed by atoms with Gasteiger partial charge in [0.15, 0.2) is 0 Å². The van der Waals surface area contributed by atoms with E-state index in [9.17, 15) is 0 Å². The Morgan fingerprint density at radius 2 is 2.06 bits per heavy atom. The summed E-state index contributed by atoms with van der Waals surface area (Å²) in [6, 6.07) is 15.6. The van der Waals surface area contributed by atoms with E-state index in [0.29, 0.717) is 5.56 Å². The first kappa shape index (κ1) is 11.0. The second-order valence-electron chi connectivity index (χ2n) is 3.91. The van der Waals surface area contributed by atoms with Crippen LogP contribution in [0.5, 0.6) is 0 Å². The number of fused-ring (bicyclic) bond motifs is 1. The first-order valence-electron chi connectivity index (χ1n) is 5.41. The van der Waals surface area contributed by atoms with Crippen LogP contribution < -0.4 is 0 Å². The quantitative estimate of drug-likeness (QED) is 0.688. The second-order valence-corrected chi connectivity index (χ2v) is 4.83. The average Bonchev–Trinajstić information content (AvgIpc) is 2.81. The molecule has 4 heteroatoms. The summed E-state index contributed by atoms with van der Waals surface area (Å²) in [6.45, 7) is 0. The standard InChI is InChI=1S/C14H8BrN3/c15-11-4-5-14-13(7-11)17-9-18(14)12-3-1-2-10(6-12)8-16/h1-7,9H. The third-order valence-electron chi connectivity index (χ3n) is 2.76. The summed E-state index contributed by atoms with van der Waals surface area (Å²) in [5, 5.41) is 8.93. The van der Waals surface area contributed by atoms with Crippen LogP contribution in [0.1, 0.15) is 5.56 Å². The minimum atomic E-state index is 0.645. The molecule has 3 aromatic rings. The molecule has 0 saturated heterocycles. The fraction of sp³-hybridized carbons (Fsp3) is 0. The summed E-state index contributed by atoms with van der Waals surface area (Å²) in [4.78, 5) is 4.36. The molecular formula is C14H8BrN3. The molecule has 0 aliphatic heterocycles. The highest BCUT2D eigenvalue weighted by atomic mass is 79.9. The first-order chi connectivity index (χ1) is 8.78. The summed E-state index contributed by atoms with van der Waals surface area (Å²) in [5.74, 6) is 0. The summed E-state index contributed by atoms with van der Waals surface area (Å²) in [6.07, 6.45) is 1.77. The molecule has 0 radical (unpaired) electrons. The van der Waals surface area contributed by atoms with Crippen LogP contribution in [0.4, 0.5) is 0 Å². The van der Waals surface area contributed by atoms with E-state index >= 15 is 0 Å². The van der Waals surface area contributed by atoms with Crippen LogP contribution in [0.25, 0.3) is 16.7 Å². The Kier molecular flexibility index (Phi) is 2.62. The average molecular weight is 298 g/mol. The van der Waals surface area contributed by atoms with Crippen molar-refractivity contribution in [3.63, 3.8) is 0 Å². The number of rotatable bonds is 1. The van der Waals surface area contributed by atoms with Gasteiger partial charge in [0, 0.05) is 10.2 Å². The molecule has 0 aliphatic rings. The molecule has 1 aromatic heterocycles. The number of nitriles is 1. The molecule has 86 valence electrons. The number of aromatic nitrogens is 2. The SMILES string of the molecule is N#Cc1cccc(-n2cnc3cc(Br)ccc32)c1. The maximum atomic E-state index is 8.93. The van der Waals surface area contributed by atoms with Crippen LogP contribution in [-0.2, 0) is 0 Å². The molecule has 1 heterocycles. The molecular weight excluding hydrogens is 290 g/mol. The molecule has 3 rings (SSSR count). The number of hydrogen-bond acceptors (Lipinski definition) is 2. The van der Waals surface area contributed by atoms with Crippen LogP contribution in [0.3, 0.4) is 0 Å². The zero-order valence-electron chi connectivity index (χ0n) is 9.34. The lowest BCUT2D eigenvalue weighted by Gasteiger charge is -2.04. The van der Waals surface area contributed by atoms with Crippen molar-refractivity contribution in [1.29, 1.82) is 5.26 Å². The van der Waals surface area contributed by atoms with E-state index in [4.69, 9.17) is 5.26 Å². The maximum Gasteiger partial charge on any atom is 0.100 e. The molecule has 0 spiro atoms. The maximum absolute atomic E-state index is 8.93. The van der Waals surface area contributed by atoms with Gasteiger partial charge in [0.2, 0.25) is 0 Å². The van der Waals surface area contributed by atoms with E-state index in [1.807, 2.05) is 41.0 Å². The smallest absolute Gasteiger partial charge is 0.100 e. The molecule has 18 heavy (non-hydrogen) atoms. The number of benzene rings is 2. The third-order valence-corrected chi connectivity index (χ3v) is 3.26. The first-order valence-corrected chi connectivity index (χ1v) is 6.20.